The smallest absolute Gasteiger partial charge is 0.224 e. The highest BCUT2D eigenvalue weighted by Crippen LogP contribution is 2.29. The number of aromatic nitrogens is 3. The minimum atomic E-state index is 0.00349. The summed E-state index contributed by atoms with van der Waals surface area (Å²) in [6, 6.07) is 16.2. The number of rotatable bonds is 5. The first-order valence-corrected chi connectivity index (χ1v) is 10.6. The van der Waals surface area contributed by atoms with Gasteiger partial charge in [-0.3, -0.25) is 4.79 Å². The summed E-state index contributed by atoms with van der Waals surface area (Å²) in [5.41, 5.74) is 10.3. The fourth-order valence-corrected chi connectivity index (χ4v) is 4.05. The van der Waals surface area contributed by atoms with E-state index in [-0.39, 0.29) is 5.91 Å². The molecule has 5 nitrogen and oxygen atoms in total. The van der Waals surface area contributed by atoms with Crippen molar-refractivity contribution in [3.05, 3.63) is 82.3 Å². The molecule has 1 amide bonds. The van der Waals surface area contributed by atoms with Gasteiger partial charge >= 0.3 is 0 Å². The molecule has 0 aliphatic rings. The predicted octanol–water partition coefficient (Wildman–Crippen LogP) is 5.51. The number of anilines is 1. The molecule has 0 radical (unpaired) electrons. The second-order valence-electron chi connectivity index (χ2n) is 8.17. The van der Waals surface area contributed by atoms with E-state index in [0.717, 1.165) is 45.1 Å². The minimum Gasteiger partial charge on any atom is -0.326 e. The van der Waals surface area contributed by atoms with Crippen molar-refractivity contribution in [2.24, 2.45) is 0 Å². The maximum atomic E-state index is 12.6. The summed E-state index contributed by atoms with van der Waals surface area (Å²) in [5, 5.41) is 7.77. The van der Waals surface area contributed by atoms with Crippen molar-refractivity contribution in [2.45, 2.75) is 47.5 Å². The first-order valence-electron chi connectivity index (χ1n) is 10.6. The zero-order valence-electron chi connectivity index (χ0n) is 18.8. The molecule has 0 aliphatic heterocycles. The van der Waals surface area contributed by atoms with Gasteiger partial charge in [-0.1, -0.05) is 36.4 Å². The molecule has 0 unspecified atom stereocenters. The lowest BCUT2D eigenvalue weighted by molar-refractivity contribution is -0.116. The number of amides is 1. The molecule has 5 heteroatoms. The second-order valence-corrected chi connectivity index (χ2v) is 8.17. The Hall–Kier alpha value is -3.47. The first-order chi connectivity index (χ1) is 14.8. The van der Waals surface area contributed by atoms with Crippen molar-refractivity contribution in [3.8, 4) is 11.1 Å². The van der Waals surface area contributed by atoms with Crippen molar-refractivity contribution in [2.75, 3.05) is 5.32 Å². The predicted molar refractivity (Wildman–Crippen MR) is 126 cm³/mol. The molecule has 0 saturated carbocycles. The van der Waals surface area contributed by atoms with Gasteiger partial charge < -0.3 is 5.32 Å². The van der Waals surface area contributed by atoms with Crippen LogP contribution in [-0.4, -0.2) is 20.5 Å². The van der Waals surface area contributed by atoms with Crippen LogP contribution < -0.4 is 5.32 Å². The van der Waals surface area contributed by atoms with Gasteiger partial charge in [-0.2, -0.15) is 5.10 Å². The van der Waals surface area contributed by atoms with Crippen LogP contribution in [0, 0.1) is 34.6 Å². The summed E-state index contributed by atoms with van der Waals surface area (Å²) in [5.74, 6) is 0.00349. The quantitative estimate of drug-likeness (QED) is 0.470. The minimum absolute atomic E-state index is 0.00349. The van der Waals surface area contributed by atoms with E-state index < -0.39 is 0 Å². The molecule has 31 heavy (non-hydrogen) atoms. The third-order valence-electron chi connectivity index (χ3n) is 5.96. The fourth-order valence-electron chi connectivity index (χ4n) is 4.05. The summed E-state index contributed by atoms with van der Waals surface area (Å²) in [6.45, 7) is 10.2. The monoisotopic (exact) mass is 412 g/mol. The number of carbonyl (C=O) groups excluding carboxylic acids is 1. The molecule has 0 saturated heterocycles. The summed E-state index contributed by atoms with van der Waals surface area (Å²) in [4.78, 5) is 17.4. The SMILES string of the molecule is Cc1ccc(NC(=O)CCc2c(C)nc3c(-c4ccccc4)c(C)nn3c2C)cc1C. The number of aryl methyl sites for hydroxylation is 5. The number of nitrogens with one attached hydrogen (secondary N) is 1. The number of hydrogen-bond donors (Lipinski definition) is 1. The summed E-state index contributed by atoms with van der Waals surface area (Å²) in [7, 11) is 0. The molecule has 0 spiro atoms. The van der Waals surface area contributed by atoms with Crippen molar-refractivity contribution in [1.82, 2.24) is 14.6 Å². The van der Waals surface area contributed by atoms with Gasteiger partial charge in [0.25, 0.3) is 0 Å². The van der Waals surface area contributed by atoms with Gasteiger partial charge in [-0.15, -0.1) is 0 Å². The highest BCUT2D eigenvalue weighted by molar-refractivity contribution is 5.91. The van der Waals surface area contributed by atoms with Crippen LogP contribution in [0.25, 0.3) is 16.8 Å². The molecule has 0 bridgehead atoms. The van der Waals surface area contributed by atoms with E-state index in [2.05, 4.69) is 31.3 Å². The Kier molecular flexibility index (Phi) is 5.59. The van der Waals surface area contributed by atoms with Crippen LogP contribution in [0.5, 0.6) is 0 Å². The Morgan fingerprint density at radius 3 is 2.39 bits per heavy atom. The summed E-state index contributed by atoms with van der Waals surface area (Å²) in [6.07, 6.45) is 1.02. The first kappa shape index (κ1) is 20.8. The van der Waals surface area contributed by atoms with Gasteiger partial charge in [0, 0.05) is 29.1 Å². The molecule has 4 rings (SSSR count). The number of carbonyl (C=O) groups is 1. The highest BCUT2D eigenvalue weighted by atomic mass is 16.1. The van der Waals surface area contributed by atoms with Gasteiger partial charge in [0.15, 0.2) is 5.65 Å². The molecule has 0 fully saturated rings. The molecule has 2 aromatic carbocycles. The van der Waals surface area contributed by atoms with Crippen molar-refractivity contribution >= 4 is 17.2 Å². The highest BCUT2D eigenvalue weighted by Gasteiger charge is 2.18. The molecule has 158 valence electrons. The number of hydrogen-bond acceptors (Lipinski definition) is 3. The van der Waals surface area contributed by atoms with Crippen molar-refractivity contribution in [1.29, 1.82) is 0 Å². The lowest BCUT2D eigenvalue weighted by Crippen LogP contribution is -2.14. The average Bonchev–Trinajstić information content (AvgIpc) is 3.07. The molecule has 0 aliphatic carbocycles. The molecule has 0 atom stereocenters. The van der Waals surface area contributed by atoms with Crippen LogP contribution in [0.15, 0.2) is 48.5 Å². The lowest BCUT2D eigenvalue weighted by Gasteiger charge is -2.12. The van der Waals surface area contributed by atoms with E-state index in [0.29, 0.717) is 12.8 Å². The van der Waals surface area contributed by atoms with Crippen molar-refractivity contribution in [3.63, 3.8) is 0 Å². The van der Waals surface area contributed by atoms with Crippen LogP contribution in [0.2, 0.25) is 0 Å². The van der Waals surface area contributed by atoms with Crippen molar-refractivity contribution < 1.29 is 4.79 Å². The number of benzene rings is 2. The van der Waals surface area contributed by atoms with Gasteiger partial charge in [0.2, 0.25) is 5.91 Å². The Morgan fingerprint density at radius 2 is 1.68 bits per heavy atom. The van der Waals surface area contributed by atoms with Gasteiger partial charge in [0.1, 0.15) is 0 Å². The van der Waals surface area contributed by atoms with Crippen LogP contribution in [-0.2, 0) is 11.2 Å². The molecular weight excluding hydrogens is 384 g/mol. The molecule has 1 N–H and O–H groups in total. The Morgan fingerprint density at radius 1 is 0.935 bits per heavy atom. The topological polar surface area (TPSA) is 59.3 Å². The Bertz CT molecular complexity index is 1270. The van der Waals surface area contributed by atoms with E-state index in [1.807, 2.05) is 61.7 Å². The van der Waals surface area contributed by atoms with E-state index >= 15 is 0 Å². The number of fused-ring (bicyclic) bond motifs is 1. The molecular formula is C26H28N4O. The van der Waals surface area contributed by atoms with Gasteiger partial charge in [-0.05, 0) is 75.4 Å². The summed E-state index contributed by atoms with van der Waals surface area (Å²) < 4.78 is 1.92. The van der Waals surface area contributed by atoms with E-state index in [1.54, 1.807) is 0 Å². The maximum absolute atomic E-state index is 12.6. The van der Waals surface area contributed by atoms with E-state index in [9.17, 15) is 4.79 Å². The third-order valence-corrected chi connectivity index (χ3v) is 5.96. The van der Waals surface area contributed by atoms with E-state index in [1.165, 1.54) is 11.1 Å². The van der Waals surface area contributed by atoms with E-state index in [4.69, 9.17) is 10.1 Å². The van der Waals surface area contributed by atoms with Crippen LogP contribution in [0.1, 0.15) is 40.2 Å². The summed E-state index contributed by atoms with van der Waals surface area (Å²) >= 11 is 0. The largest absolute Gasteiger partial charge is 0.326 e. The molecule has 4 aromatic rings. The van der Waals surface area contributed by atoms with Gasteiger partial charge in [0.05, 0.1) is 5.69 Å². The fraction of sp³-hybridized carbons (Fsp3) is 0.269. The zero-order chi connectivity index (χ0) is 22.1. The van der Waals surface area contributed by atoms with Crippen LogP contribution in [0.3, 0.4) is 0 Å². The van der Waals surface area contributed by atoms with Crippen LogP contribution >= 0.6 is 0 Å². The molecule has 2 aromatic heterocycles. The Balaban J connectivity index is 1.58. The van der Waals surface area contributed by atoms with Gasteiger partial charge in [-0.25, -0.2) is 9.50 Å². The zero-order valence-corrected chi connectivity index (χ0v) is 18.8. The Labute approximate surface area is 183 Å². The normalized spacial score (nSPS) is 11.1. The second kappa shape index (κ2) is 8.34. The maximum Gasteiger partial charge on any atom is 0.224 e. The third kappa shape index (κ3) is 4.08. The standard InChI is InChI=1S/C26H28N4O/c1-16-11-12-22(15-17(16)2)28-24(31)14-13-23-18(3)27-26-25(21-9-7-6-8-10-21)19(4)29-30(26)20(23)5/h6-12,15H,13-14H2,1-5H3,(H,28,31). The van der Waals surface area contributed by atoms with Crippen LogP contribution in [0.4, 0.5) is 5.69 Å². The lowest BCUT2D eigenvalue weighted by atomic mass is 10.0. The number of nitrogens with zero attached hydrogens (tertiary/aromatic N) is 3. The average molecular weight is 413 g/mol. The molecule has 2 heterocycles.